The van der Waals surface area contributed by atoms with Gasteiger partial charge in [0.25, 0.3) is 0 Å². The van der Waals surface area contributed by atoms with E-state index < -0.39 is 0 Å². The molecule has 1 heterocycles. The number of hydrogen-bond donors (Lipinski definition) is 2. The number of nitrogens with two attached hydrogens (primary N) is 1. The fraction of sp³-hybridized carbons (Fsp3) is 0.222. The van der Waals surface area contributed by atoms with E-state index in [4.69, 9.17) is 15.4 Å². The average molecular weight is 178 g/mol. The molecule has 1 aromatic carbocycles. The molecule has 3 N–H and O–H groups in total. The van der Waals surface area contributed by atoms with Crippen molar-refractivity contribution < 1.29 is 9.63 Å². The number of aromatic nitrogens is 1. The Morgan fingerprint density at radius 2 is 2.31 bits per heavy atom. The largest absolute Gasteiger partial charge is 0.399 e. The maximum atomic E-state index is 8.75. The molecule has 0 amide bonds. The molecular weight excluding hydrogens is 168 g/mol. The van der Waals surface area contributed by atoms with Crippen LogP contribution in [-0.4, -0.2) is 16.9 Å². The van der Waals surface area contributed by atoms with Crippen molar-refractivity contribution in [2.45, 2.75) is 6.42 Å². The van der Waals surface area contributed by atoms with Crippen molar-refractivity contribution in [3.8, 4) is 0 Å². The number of nitrogens with zero attached hydrogens (tertiary/aromatic N) is 1. The number of rotatable bonds is 2. The summed E-state index contributed by atoms with van der Waals surface area (Å²) in [5.41, 5.74) is 7.75. The van der Waals surface area contributed by atoms with E-state index in [1.54, 1.807) is 18.2 Å². The van der Waals surface area contributed by atoms with Gasteiger partial charge in [0.1, 0.15) is 0 Å². The van der Waals surface area contributed by atoms with Crippen molar-refractivity contribution in [2.75, 3.05) is 12.3 Å². The lowest BCUT2D eigenvalue weighted by Gasteiger charge is -1.93. The van der Waals surface area contributed by atoms with Crippen LogP contribution in [-0.2, 0) is 6.42 Å². The normalized spacial score (nSPS) is 10.8. The first-order valence-electron chi connectivity index (χ1n) is 4.06. The third-order valence-electron chi connectivity index (χ3n) is 1.92. The van der Waals surface area contributed by atoms with Gasteiger partial charge >= 0.3 is 0 Å². The molecule has 4 heteroatoms. The lowest BCUT2D eigenvalue weighted by Crippen LogP contribution is -1.91. The first-order valence-corrected chi connectivity index (χ1v) is 4.06. The Hall–Kier alpha value is -1.55. The molecule has 0 saturated carbocycles. The number of nitrogen functional groups attached to an aromatic ring is 1. The van der Waals surface area contributed by atoms with E-state index in [9.17, 15) is 0 Å². The van der Waals surface area contributed by atoms with E-state index in [1.165, 1.54) is 0 Å². The number of aliphatic hydroxyl groups excluding tert-OH is 1. The van der Waals surface area contributed by atoms with Crippen molar-refractivity contribution in [2.24, 2.45) is 0 Å². The minimum atomic E-state index is 0.0659. The summed E-state index contributed by atoms with van der Waals surface area (Å²) in [6.07, 6.45) is 0.496. The average Bonchev–Trinajstić information content (AvgIpc) is 2.49. The highest BCUT2D eigenvalue weighted by Crippen LogP contribution is 2.21. The minimum absolute atomic E-state index is 0.0659. The Morgan fingerprint density at radius 3 is 3.08 bits per heavy atom. The van der Waals surface area contributed by atoms with Crippen LogP contribution >= 0.6 is 0 Å². The van der Waals surface area contributed by atoms with Crippen LogP contribution < -0.4 is 5.73 Å². The third-order valence-corrected chi connectivity index (χ3v) is 1.92. The second-order valence-electron chi connectivity index (χ2n) is 2.86. The van der Waals surface area contributed by atoms with Crippen LogP contribution in [0.1, 0.15) is 5.69 Å². The fourth-order valence-corrected chi connectivity index (χ4v) is 1.29. The smallest absolute Gasteiger partial charge is 0.167 e. The van der Waals surface area contributed by atoms with E-state index >= 15 is 0 Å². The SMILES string of the molecule is Nc1ccc2onc(CCO)c2c1. The van der Waals surface area contributed by atoms with Crippen molar-refractivity contribution in [3.05, 3.63) is 23.9 Å². The Labute approximate surface area is 74.9 Å². The number of anilines is 1. The van der Waals surface area contributed by atoms with Gasteiger partial charge in [0, 0.05) is 24.1 Å². The van der Waals surface area contributed by atoms with Gasteiger partial charge in [-0.2, -0.15) is 0 Å². The van der Waals surface area contributed by atoms with E-state index in [0.29, 0.717) is 17.7 Å². The number of aliphatic hydroxyl groups is 1. The van der Waals surface area contributed by atoms with Gasteiger partial charge in [0.15, 0.2) is 5.58 Å². The highest BCUT2D eigenvalue weighted by molar-refractivity contribution is 5.82. The quantitative estimate of drug-likeness (QED) is 0.671. The molecule has 2 aromatic rings. The summed E-state index contributed by atoms with van der Waals surface area (Å²) in [6, 6.07) is 5.34. The molecule has 68 valence electrons. The van der Waals surface area contributed by atoms with Crippen LogP contribution in [0.15, 0.2) is 22.7 Å². The Kier molecular flexibility index (Phi) is 1.90. The predicted octanol–water partition coefficient (Wildman–Crippen LogP) is 0.945. The summed E-state index contributed by atoms with van der Waals surface area (Å²) in [6.45, 7) is 0.0659. The molecule has 0 spiro atoms. The highest BCUT2D eigenvalue weighted by atomic mass is 16.5. The number of hydrogen-bond acceptors (Lipinski definition) is 4. The van der Waals surface area contributed by atoms with Gasteiger partial charge in [-0.25, -0.2) is 0 Å². The minimum Gasteiger partial charge on any atom is -0.399 e. The van der Waals surface area contributed by atoms with Gasteiger partial charge < -0.3 is 15.4 Å². The Balaban J connectivity index is 2.58. The van der Waals surface area contributed by atoms with Gasteiger partial charge in [-0.3, -0.25) is 0 Å². The van der Waals surface area contributed by atoms with Crippen molar-refractivity contribution in [3.63, 3.8) is 0 Å². The first kappa shape index (κ1) is 8.07. The molecule has 0 aliphatic rings. The zero-order chi connectivity index (χ0) is 9.26. The van der Waals surface area contributed by atoms with Crippen LogP contribution in [0.25, 0.3) is 11.0 Å². The van der Waals surface area contributed by atoms with Gasteiger partial charge in [-0.05, 0) is 18.2 Å². The molecule has 4 nitrogen and oxygen atoms in total. The molecule has 0 unspecified atom stereocenters. The van der Waals surface area contributed by atoms with Crippen molar-refractivity contribution >= 4 is 16.7 Å². The summed E-state index contributed by atoms with van der Waals surface area (Å²) in [5, 5.41) is 13.5. The zero-order valence-electron chi connectivity index (χ0n) is 7.03. The number of benzene rings is 1. The van der Waals surface area contributed by atoms with Crippen LogP contribution in [0.4, 0.5) is 5.69 Å². The van der Waals surface area contributed by atoms with Crippen LogP contribution in [0, 0.1) is 0 Å². The molecule has 0 fully saturated rings. The molecule has 0 atom stereocenters. The standard InChI is InChI=1S/C9H10N2O2/c10-6-1-2-9-7(5-6)8(3-4-12)11-13-9/h1-2,5,12H,3-4,10H2. The summed E-state index contributed by atoms with van der Waals surface area (Å²) in [5.74, 6) is 0. The molecule has 13 heavy (non-hydrogen) atoms. The Morgan fingerprint density at radius 1 is 1.46 bits per heavy atom. The summed E-state index contributed by atoms with van der Waals surface area (Å²) in [4.78, 5) is 0. The fourth-order valence-electron chi connectivity index (χ4n) is 1.29. The Bertz CT molecular complexity index is 422. The lowest BCUT2D eigenvalue weighted by molar-refractivity contribution is 0.295. The maximum Gasteiger partial charge on any atom is 0.167 e. The maximum absolute atomic E-state index is 8.75. The highest BCUT2D eigenvalue weighted by Gasteiger charge is 2.06. The molecular formula is C9H10N2O2. The molecule has 0 bridgehead atoms. The second-order valence-corrected chi connectivity index (χ2v) is 2.86. The van der Waals surface area contributed by atoms with E-state index in [-0.39, 0.29) is 6.61 Å². The topological polar surface area (TPSA) is 72.3 Å². The number of fused-ring (bicyclic) bond motifs is 1. The monoisotopic (exact) mass is 178 g/mol. The molecule has 0 saturated heterocycles. The van der Waals surface area contributed by atoms with Gasteiger partial charge in [0.05, 0.1) is 5.69 Å². The first-order chi connectivity index (χ1) is 6.31. The van der Waals surface area contributed by atoms with Crippen LogP contribution in [0.5, 0.6) is 0 Å². The van der Waals surface area contributed by atoms with Crippen molar-refractivity contribution in [1.82, 2.24) is 5.16 Å². The third kappa shape index (κ3) is 1.36. The summed E-state index contributed by atoms with van der Waals surface area (Å²) in [7, 11) is 0. The second kappa shape index (κ2) is 3.06. The van der Waals surface area contributed by atoms with E-state index in [0.717, 1.165) is 11.1 Å². The van der Waals surface area contributed by atoms with E-state index in [1.807, 2.05) is 0 Å². The molecule has 0 aliphatic carbocycles. The van der Waals surface area contributed by atoms with Crippen LogP contribution in [0.2, 0.25) is 0 Å². The molecule has 2 rings (SSSR count). The summed E-state index contributed by atoms with van der Waals surface area (Å²) >= 11 is 0. The zero-order valence-corrected chi connectivity index (χ0v) is 7.03. The molecule has 1 aromatic heterocycles. The molecule has 0 radical (unpaired) electrons. The van der Waals surface area contributed by atoms with Crippen molar-refractivity contribution in [1.29, 1.82) is 0 Å². The predicted molar refractivity (Wildman–Crippen MR) is 49.2 cm³/mol. The van der Waals surface area contributed by atoms with Gasteiger partial charge in [0.2, 0.25) is 0 Å². The lowest BCUT2D eigenvalue weighted by atomic mass is 10.1. The summed E-state index contributed by atoms with van der Waals surface area (Å²) < 4.78 is 5.04. The molecule has 0 aliphatic heterocycles. The van der Waals surface area contributed by atoms with E-state index in [2.05, 4.69) is 5.16 Å². The van der Waals surface area contributed by atoms with Gasteiger partial charge in [-0.1, -0.05) is 5.16 Å². The van der Waals surface area contributed by atoms with Gasteiger partial charge in [-0.15, -0.1) is 0 Å². The van der Waals surface area contributed by atoms with Crippen LogP contribution in [0.3, 0.4) is 0 Å².